The summed E-state index contributed by atoms with van der Waals surface area (Å²) < 4.78 is 16.7. The Morgan fingerprint density at radius 2 is 0.726 bits per heavy atom. The van der Waals surface area contributed by atoms with Crippen molar-refractivity contribution in [2.75, 3.05) is 13.2 Å². The minimum Gasteiger partial charge on any atom is -0.462 e. The standard InChI is InChI=1S/C56H90O6/c1-4-7-10-13-16-19-22-24-26-28-29-31-32-34-37-40-43-46-49-55(58)61-52-53(51-60-54(57)48-45-42-39-36-21-18-15-12-9-6-3)62-56(59)50-47-44-41-38-35-33-30-27-25-23-20-17-14-11-8-5-2/h8,10-11,13,16-17,19-20,22,24-29,31,33,35,53H,4-7,9,12,14-15,18,21,23,30,32,34,36-52H2,1-3H3/b11-8-,13-10-,19-16-,20-17-,24-22-,27-25-,28-26-,31-29-,35-33-. The molecule has 0 saturated heterocycles. The second-order valence-corrected chi connectivity index (χ2v) is 16.1. The number of esters is 3. The molecule has 0 aliphatic heterocycles. The van der Waals surface area contributed by atoms with E-state index in [1.54, 1.807) is 0 Å². The summed E-state index contributed by atoms with van der Waals surface area (Å²) in [5.41, 5.74) is 0. The highest BCUT2D eigenvalue weighted by Gasteiger charge is 2.19. The third-order valence-corrected chi connectivity index (χ3v) is 10.1. The Hall–Kier alpha value is -3.93. The molecule has 350 valence electrons. The molecule has 0 aliphatic rings. The zero-order chi connectivity index (χ0) is 45.1. The summed E-state index contributed by atoms with van der Waals surface area (Å²) in [6.45, 7) is 6.36. The fraction of sp³-hybridized carbons (Fsp3) is 0.625. The maximum absolute atomic E-state index is 12.8. The maximum Gasteiger partial charge on any atom is 0.306 e. The molecule has 6 nitrogen and oxygen atoms in total. The van der Waals surface area contributed by atoms with Crippen LogP contribution in [0.5, 0.6) is 0 Å². The SMILES string of the molecule is CC/C=C\C/C=C\C/C=C\C/C=C\CCCCCC(=O)OC(COC(=O)CCCCCCC\C=C/C=C\C=C/C=C\C=C/CCC)COC(=O)CCCCCCCCCCCC. The third-order valence-electron chi connectivity index (χ3n) is 10.1. The molecule has 0 aromatic rings. The average molecular weight is 859 g/mol. The predicted octanol–water partition coefficient (Wildman–Crippen LogP) is 16.4. The van der Waals surface area contributed by atoms with Crippen LogP contribution >= 0.6 is 0 Å². The molecule has 6 heteroatoms. The monoisotopic (exact) mass is 859 g/mol. The van der Waals surface area contributed by atoms with Gasteiger partial charge in [-0.25, -0.2) is 0 Å². The first-order valence-electron chi connectivity index (χ1n) is 25.0. The van der Waals surface area contributed by atoms with E-state index in [0.717, 1.165) is 116 Å². The van der Waals surface area contributed by atoms with E-state index in [1.165, 1.54) is 51.4 Å². The van der Waals surface area contributed by atoms with Gasteiger partial charge in [-0.1, -0.05) is 220 Å². The van der Waals surface area contributed by atoms with Crippen LogP contribution in [0.15, 0.2) is 109 Å². The van der Waals surface area contributed by atoms with E-state index in [0.29, 0.717) is 12.8 Å². The van der Waals surface area contributed by atoms with Gasteiger partial charge in [0.1, 0.15) is 13.2 Å². The predicted molar refractivity (Wildman–Crippen MR) is 265 cm³/mol. The van der Waals surface area contributed by atoms with Gasteiger partial charge in [0.05, 0.1) is 0 Å². The first kappa shape index (κ1) is 58.1. The van der Waals surface area contributed by atoms with Gasteiger partial charge in [-0.05, 0) is 77.0 Å². The van der Waals surface area contributed by atoms with Crippen molar-refractivity contribution in [1.82, 2.24) is 0 Å². The number of ether oxygens (including phenoxy) is 3. The van der Waals surface area contributed by atoms with Gasteiger partial charge in [-0.15, -0.1) is 0 Å². The maximum atomic E-state index is 12.8. The van der Waals surface area contributed by atoms with Crippen LogP contribution in [0.25, 0.3) is 0 Å². The number of hydrogen-bond donors (Lipinski definition) is 0. The first-order valence-corrected chi connectivity index (χ1v) is 25.0. The van der Waals surface area contributed by atoms with Crippen molar-refractivity contribution in [2.24, 2.45) is 0 Å². The Labute approximate surface area is 380 Å². The summed E-state index contributed by atoms with van der Waals surface area (Å²) in [7, 11) is 0. The number of carbonyl (C=O) groups is 3. The largest absolute Gasteiger partial charge is 0.462 e. The van der Waals surface area contributed by atoms with Crippen molar-refractivity contribution in [3.8, 4) is 0 Å². The molecule has 0 heterocycles. The highest BCUT2D eigenvalue weighted by molar-refractivity contribution is 5.71. The van der Waals surface area contributed by atoms with Crippen LogP contribution in [0.4, 0.5) is 0 Å². The van der Waals surface area contributed by atoms with Gasteiger partial charge in [0.15, 0.2) is 6.10 Å². The van der Waals surface area contributed by atoms with E-state index in [4.69, 9.17) is 14.2 Å². The summed E-state index contributed by atoms with van der Waals surface area (Å²) in [5.74, 6) is -0.966. The fourth-order valence-electron chi connectivity index (χ4n) is 6.40. The molecule has 0 aromatic heterocycles. The molecular formula is C56H90O6. The van der Waals surface area contributed by atoms with E-state index in [-0.39, 0.29) is 37.5 Å². The molecular weight excluding hydrogens is 769 g/mol. The molecule has 1 unspecified atom stereocenters. The number of rotatable bonds is 43. The van der Waals surface area contributed by atoms with Crippen molar-refractivity contribution in [1.29, 1.82) is 0 Å². The van der Waals surface area contributed by atoms with E-state index in [9.17, 15) is 14.4 Å². The average Bonchev–Trinajstić information content (AvgIpc) is 3.27. The van der Waals surface area contributed by atoms with Crippen molar-refractivity contribution < 1.29 is 28.6 Å². The highest BCUT2D eigenvalue weighted by Crippen LogP contribution is 2.13. The second-order valence-electron chi connectivity index (χ2n) is 16.1. The zero-order valence-electron chi connectivity index (χ0n) is 39.8. The van der Waals surface area contributed by atoms with Gasteiger partial charge in [-0.3, -0.25) is 14.4 Å². The molecule has 0 bridgehead atoms. The van der Waals surface area contributed by atoms with Gasteiger partial charge in [-0.2, -0.15) is 0 Å². The normalized spacial score (nSPS) is 13.0. The molecule has 0 rings (SSSR count). The molecule has 0 spiro atoms. The lowest BCUT2D eigenvalue weighted by Gasteiger charge is -2.18. The summed E-state index contributed by atoms with van der Waals surface area (Å²) in [5, 5.41) is 0. The van der Waals surface area contributed by atoms with Crippen molar-refractivity contribution in [3.63, 3.8) is 0 Å². The summed E-state index contributed by atoms with van der Waals surface area (Å²) in [6, 6.07) is 0. The Balaban J connectivity index is 4.49. The number of allylic oxidation sites excluding steroid dienone is 18. The fourth-order valence-corrected chi connectivity index (χ4v) is 6.40. The van der Waals surface area contributed by atoms with Crippen LogP contribution in [0, 0.1) is 0 Å². The van der Waals surface area contributed by atoms with Gasteiger partial charge >= 0.3 is 17.9 Å². The van der Waals surface area contributed by atoms with Crippen molar-refractivity contribution in [3.05, 3.63) is 109 Å². The Morgan fingerprint density at radius 3 is 1.21 bits per heavy atom. The number of carbonyl (C=O) groups excluding carboxylic acids is 3. The van der Waals surface area contributed by atoms with Crippen LogP contribution < -0.4 is 0 Å². The molecule has 0 amide bonds. The molecule has 1 atom stereocenters. The van der Waals surface area contributed by atoms with E-state index < -0.39 is 6.10 Å². The number of hydrogen-bond acceptors (Lipinski definition) is 6. The Bertz CT molecular complexity index is 1310. The lowest BCUT2D eigenvalue weighted by atomic mass is 10.1. The smallest absolute Gasteiger partial charge is 0.306 e. The van der Waals surface area contributed by atoms with E-state index in [2.05, 4.69) is 93.7 Å². The highest BCUT2D eigenvalue weighted by atomic mass is 16.6. The van der Waals surface area contributed by atoms with Crippen LogP contribution in [-0.2, 0) is 28.6 Å². The molecule has 62 heavy (non-hydrogen) atoms. The Kier molecular flexibility index (Phi) is 46.6. The molecule has 0 radical (unpaired) electrons. The first-order chi connectivity index (χ1) is 30.5. The summed E-state index contributed by atoms with van der Waals surface area (Å²) in [6.07, 6.45) is 66.3. The lowest BCUT2D eigenvalue weighted by Crippen LogP contribution is -2.30. The minimum atomic E-state index is -0.805. The van der Waals surface area contributed by atoms with Crippen LogP contribution in [0.1, 0.15) is 207 Å². The molecule has 0 fully saturated rings. The van der Waals surface area contributed by atoms with Gasteiger partial charge < -0.3 is 14.2 Å². The van der Waals surface area contributed by atoms with Crippen molar-refractivity contribution >= 4 is 17.9 Å². The minimum absolute atomic E-state index is 0.100. The quantitative estimate of drug-likeness (QED) is 0.0200. The lowest BCUT2D eigenvalue weighted by molar-refractivity contribution is -0.167. The van der Waals surface area contributed by atoms with Gasteiger partial charge in [0, 0.05) is 19.3 Å². The zero-order valence-corrected chi connectivity index (χ0v) is 39.8. The summed E-state index contributed by atoms with van der Waals surface area (Å²) >= 11 is 0. The van der Waals surface area contributed by atoms with Crippen LogP contribution in [-0.4, -0.2) is 37.2 Å². The molecule has 0 aliphatic carbocycles. The van der Waals surface area contributed by atoms with Gasteiger partial charge in [0.25, 0.3) is 0 Å². The topological polar surface area (TPSA) is 78.9 Å². The van der Waals surface area contributed by atoms with Crippen molar-refractivity contribution in [2.45, 2.75) is 213 Å². The van der Waals surface area contributed by atoms with E-state index in [1.807, 2.05) is 36.5 Å². The molecule has 0 N–H and O–H groups in total. The third kappa shape index (κ3) is 47.1. The summed E-state index contributed by atoms with van der Waals surface area (Å²) in [4.78, 5) is 37.9. The van der Waals surface area contributed by atoms with Gasteiger partial charge in [0.2, 0.25) is 0 Å². The second kappa shape index (κ2) is 49.7. The Morgan fingerprint density at radius 1 is 0.355 bits per heavy atom. The van der Waals surface area contributed by atoms with Crippen LogP contribution in [0.3, 0.4) is 0 Å². The molecule has 0 aromatic carbocycles. The van der Waals surface area contributed by atoms with E-state index >= 15 is 0 Å². The molecule has 0 saturated carbocycles. The van der Waals surface area contributed by atoms with Crippen LogP contribution in [0.2, 0.25) is 0 Å². The number of unbranched alkanes of at least 4 members (excludes halogenated alkanes) is 18.